The number of hydrogen-bond acceptors (Lipinski definition) is 4. The lowest BCUT2D eigenvalue weighted by atomic mass is 9.96. The first-order valence-electron chi connectivity index (χ1n) is 9.44. The molecule has 0 aliphatic carbocycles. The van der Waals surface area contributed by atoms with Crippen LogP contribution in [-0.2, 0) is 14.8 Å². The minimum absolute atomic E-state index is 0.110. The number of hydrogen-bond donors (Lipinski definition) is 1. The summed E-state index contributed by atoms with van der Waals surface area (Å²) in [5.41, 5.74) is 1.34. The standard InChI is InChI=1S/C21H25ClN2O4S/c1-14(2)11-17(15-7-5-4-6-8-15)23-21(25)20-13-24(29(3,26)27)18-12-16(22)9-10-19(18)28-20/h4-10,12,14,17,20H,11,13H2,1-3H3,(H,23,25)/t17-,20-/m0/s1. The van der Waals surface area contributed by atoms with Gasteiger partial charge in [-0.1, -0.05) is 55.8 Å². The molecule has 0 unspecified atom stereocenters. The van der Waals surface area contributed by atoms with E-state index in [0.29, 0.717) is 22.4 Å². The van der Waals surface area contributed by atoms with Crippen molar-refractivity contribution in [1.29, 1.82) is 0 Å². The fourth-order valence-corrected chi connectivity index (χ4v) is 4.45. The van der Waals surface area contributed by atoms with Gasteiger partial charge in [-0.05, 0) is 36.1 Å². The van der Waals surface area contributed by atoms with Crippen molar-refractivity contribution in [2.24, 2.45) is 5.92 Å². The minimum Gasteiger partial charge on any atom is -0.476 e. The second-order valence-corrected chi connectivity index (χ2v) is 9.96. The van der Waals surface area contributed by atoms with E-state index in [9.17, 15) is 13.2 Å². The van der Waals surface area contributed by atoms with Crippen molar-refractivity contribution in [3.8, 4) is 5.75 Å². The predicted octanol–water partition coefficient (Wildman–Crippen LogP) is 3.77. The highest BCUT2D eigenvalue weighted by atomic mass is 35.5. The molecule has 0 spiro atoms. The molecule has 1 aliphatic heterocycles. The fraction of sp³-hybridized carbons (Fsp3) is 0.381. The molecule has 6 nitrogen and oxygen atoms in total. The lowest BCUT2D eigenvalue weighted by molar-refractivity contribution is -0.128. The number of rotatable bonds is 6. The second kappa shape index (κ2) is 8.63. The van der Waals surface area contributed by atoms with Crippen LogP contribution in [-0.4, -0.2) is 33.2 Å². The van der Waals surface area contributed by atoms with Crippen LogP contribution in [0.3, 0.4) is 0 Å². The number of nitrogens with one attached hydrogen (secondary N) is 1. The Bertz CT molecular complexity index is 979. The van der Waals surface area contributed by atoms with E-state index in [2.05, 4.69) is 19.2 Å². The van der Waals surface area contributed by atoms with Gasteiger partial charge in [0.1, 0.15) is 5.75 Å². The Hall–Kier alpha value is -2.25. The maximum atomic E-state index is 13.0. The number of sulfonamides is 1. The van der Waals surface area contributed by atoms with Crippen molar-refractivity contribution >= 4 is 33.2 Å². The van der Waals surface area contributed by atoms with Crippen LogP contribution in [0.15, 0.2) is 48.5 Å². The van der Waals surface area contributed by atoms with Crippen LogP contribution in [0, 0.1) is 5.92 Å². The Balaban J connectivity index is 1.86. The van der Waals surface area contributed by atoms with E-state index < -0.39 is 16.1 Å². The summed E-state index contributed by atoms with van der Waals surface area (Å²) in [5, 5.41) is 3.43. The molecule has 8 heteroatoms. The van der Waals surface area contributed by atoms with E-state index in [4.69, 9.17) is 16.3 Å². The molecule has 0 saturated heterocycles. The van der Waals surface area contributed by atoms with Crippen LogP contribution < -0.4 is 14.4 Å². The van der Waals surface area contributed by atoms with Gasteiger partial charge >= 0.3 is 0 Å². The van der Waals surface area contributed by atoms with Gasteiger partial charge in [0.25, 0.3) is 5.91 Å². The Morgan fingerprint density at radius 1 is 1.24 bits per heavy atom. The van der Waals surface area contributed by atoms with E-state index in [1.54, 1.807) is 12.1 Å². The summed E-state index contributed by atoms with van der Waals surface area (Å²) in [4.78, 5) is 13.0. The largest absolute Gasteiger partial charge is 0.476 e. The molecule has 1 N–H and O–H groups in total. The summed E-state index contributed by atoms with van der Waals surface area (Å²) < 4.78 is 31.6. The quantitative estimate of drug-likeness (QED) is 0.747. The van der Waals surface area contributed by atoms with E-state index in [-0.39, 0.29) is 18.5 Å². The maximum absolute atomic E-state index is 13.0. The molecule has 0 fully saturated rings. The molecule has 0 saturated carbocycles. The molecule has 2 atom stereocenters. The van der Waals surface area contributed by atoms with Gasteiger partial charge < -0.3 is 10.1 Å². The van der Waals surface area contributed by atoms with Gasteiger partial charge in [-0.25, -0.2) is 8.42 Å². The smallest absolute Gasteiger partial charge is 0.263 e. The number of anilines is 1. The van der Waals surface area contributed by atoms with E-state index in [1.165, 1.54) is 10.4 Å². The topological polar surface area (TPSA) is 75.7 Å². The summed E-state index contributed by atoms with van der Waals surface area (Å²) in [7, 11) is -3.61. The molecule has 29 heavy (non-hydrogen) atoms. The van der Waals surface area contributed by atoms with Gasteiger partial charge in [0.15, 0.2) is 6.10 Å². The highest BCUT2D eigenvalue weighted by Crippen LogP contribution is 2.37. The number of amides is 1. The molecule has 2 aromatic rings. The molecule has 1 aliphatic rings. The predicted molar refractivity (Wildman–Crippen MR) is 115 cm³/mol. The van der Waals surface area contributed by atoms with Gasteiger partial charge in [-0.15, -0.1) is 0 Å². The molecular formula is C21H25ClN2O4S. The molecule has 0 radical (unpaired) electrons. The van der Waals surface area contributed by atoms with E-state index >= 15 is 0 Å². The number of fused-ring (bicyclic) bond motifs is 1. The Morgan fingerprint density at radius 3 is 2.55 bits per heavy atom. The molecule has 2 aromatic carbocycles. The normalized spacial score (nSPS) is 17.4. The van der Waals surface area contributed by atoms with Crippen molar-refractivity contribution in [3.63, 3.8) is 0 Å². The highest BCUT2D eigenvalue weighted by Gasteiger charge is 2.36. The SMILES string of the molecule is CC(C)C[C@H](NC(=O)[C@@H]1CN(S(C)(=O)=O)c2cc(Cl)ccc2O1)c1ccccc1. The first kappa shape index (κ1) is 21.5. The number of benzene rings is 2. The number of halogens is 1. The summed E-state index contributed by atoms with van der Waals surface area (Å²) in [5.74, 6) is 0.322. The average molecular weight is 437 g/mol. The average Bonchev–Trinajstić information content (AvgIpc) is 2.66. The molecule has 1 amide bonds. The van der Waals surface area contributed by atoms with Crippen molar-refractivity contribution in [2.45, 2.75) is 32.4 Å². The number of ether oxygens (including phenoxy) is 1. The van der Waals surface area contributed by atoms with Crippen molar-refractivity contribution in [2.75, 3.05) is 17.1 Å². The fourth-order valence-electron chi connectivity index (χ4n) is 3.37. The molecule has 156 valence electrons. The van der Waals surface area contributed by atoms with Crippen LogP contribution in [0.5, 0.6) is 5.75 Å². The first-order chi connectivity index (χ1) is 13.6. The van der Waals surface area contributed by atoms with Gasteiger partial charge in [-0.3, -0.25) is 9.10 Å². The van der Waals surface area contributed by atoms with Crippen molar-refractivity contribution < 1.29 is 17.9 Å². The van der Waals surface area contributed by atoms with Crippen LogP contribution in [0.4, 0.5) is 5.69 Å². The number of carbonyl (C=O) groups is 1. The van der Waals surface area contributed by atoms with Crippen LogP contribution in [0.2, 0.25) is 5.02 Å². The Morgan fingerprint density at radius 2 is 1.93 bits per heavy atom. The molecular weight excluding hydrogens is 412 g/mol. The zero-order valence-corrected chi connectivity index (χ0v) is 18.2. The van der Waals surface area contributed by atoms with Crippen LogP contribution in [0.1, 0.15) is 31.9 Å². The second-order valence-electron chi connectivity index (χ2n) is 7.61. The van der Waals surface area contributed by atoms with Gasteiger partial charge in [0, 0.05) is 5.02 Å². The Labute approximate surface area is 176 Å². The van der Waals surface area contributed by atoms with E-state index in [1.807, 2.05) is 30.3 Å². The van der Waals surface area contributed by atoms with Crippen molar-refractivity contribution in [3.05, 3.63) is 59.1 Å². The lowest BCUT2D eigenvalue weighted by Gasteiger charge is -2.35. The monoisotopic (exact) mass is 436 g/mol. The highest BCUT2D eigenvalue weighted by molar-refractivity contribution is 7.92. The molecule has 1 heterocycles. The molecule has 3 rings (SSSR count). The lowest BCUT2D eigenvalue weighted by Crippen LogP contribution is -2.51. The van der Waals surface area contributed by atoms with Gasteiger partial charge in [-0.2, -0.15) is 0 Å². The summed E-state index contributed by atoms with van der Waals surface area (Å²) in [6.45, 7) is 4.07. The number of nitrogens with zero attached hydrogens (tertiary/aromatic N) is 1. The van der Waals surface area contributed by atoms with Crippen LogP contribution >= 0.6 is 11.6 Å². The summed E-state index contributed by atoms with van der Waals surface area (Å²) in [6.07, 6.45) is 0.894. The van der Waals surface area contributed by atoms with E-state index in [0.717, 1.165) is 18.2 Å². The first-order valence-corrected chi connectivity index (χ1v) is 11.7. The third-order valence-electron chi connectivity index (χ3n) is 4.71. The van der Waals surface area contributed by atoms with Gasteiger partial charge in [0.05, 0.1) is 24.5 Å². The minimum atomic E-state index is -3.61. The maximum Gasteiger partial charge on any atom is 0.263 e. The van der Waals surface area contributed by atoms with Gasteiger partial charge in [0.2, 0.25) is 10.0 Å². The summed E-state index contributed by atoms with van der Waals surface area (Å²) >= 11 is 6.02. The Kier molecular flexibility index (Phi) is 6.39. The van der Waals surface area contributed by atoms with Crippen LogP contribution in [0.25, 0.3) is 0 Å². The molecule has 0 bridgehead atoms. The molecule has 0 aromatic heterocycles. The third-order valence-corrected chi connectivity index (χ3v) is 6.09. The zero-order valence-electron chi connectivity index (χ0n) is 16.6. The van der Waals surface area contributed by atoms with Crippen molar-refractivity contribution in [1.82, 2.24) is 5.32 Å². The zero-order chi connectivity index (χ0) is 21.2. The number of carbonyl (C=O) groups excluding carboxylic acids is 1. The summed E-state index contributed by atoms with van der Waals surface area (Å²) in [6, 6.07) is 14.2. The third kappa shape index (κ3) is 5.22.